The van der Waals surface area contributed by atoms with Gasteiger partial charge in [0.2, 0.25) is 5.91 Å². The molecule has 3 N–H and O–H groups in total. The second kappa shape index (κ2) is 6.29. The lowest BCUT2D eigenvalue weighted by molar-refractivity contribution is 0.100. The summed E-state index contributed by atoms with van der Waals surface area (Å²) in [7, 11) is 0. The number of hydrogen-bond donors (Lipinski definition) is 2. The van der Waals surface area contributed by atoms with Crippen LogP contribution in [0, 0.1) is 0 Å². The van der Waals surface area contributed by atoms with Crippen molar-refractivity contribution in [1.82, 2.24) is 0 Å². The molecule has 2 aromatic rings. The maximum Gasteiger partial charge on any atom is 0.248 e. The highest BCUT2D eigenvalue weighted by molar-refractivity contribution is 7.98. The topological polar surface area (TPSA) is 55.1 Å². The maximum atomic E-state index is 11.0. The molecule has 3 nitrogen and oxygen atoms in total. The van der Waals surface area contributed by atoms with E-state index in [0.29, 0.717) is 5.56 Å². The largest absolute Gasteiger partial charge is 0.381 e. The first-order valence-corrected chi connectivity index (χ1v) is 7.18. The molecular weight excluding hydrogens is 256 g/mol. The van der Waals surface area contributed by atoms with Gasteiger partial charge in [-0.15, -0.1) is 11.8 Å². The Balaban J connectivity index is 1.95. The fourth-order valence-corrected chi connectivity index (χ4v) is 2.11. The van der Waals surface area contributed by atoms with Crippen LogP contribution in [0.25, 0.3) is 0 Å². The van der Waals surface area contributed by atoms with E-state index >= 15 is 0 Å². The molecule has 0 heterocycles. The Morgan fingerprint density at radius 3 is 2.26 bits per heavy atom. The van der Waals surface area contributed by atoms with Crippen LogP contribution in [0.3, 0.4) is 0 Å². The van der Waals surface area contributed by atoms with E-state index < -0.39 is 5.91 Å². The van der Waals surface area contributed by atoms with Crippen LogP contribution in [0.5, 0.6) is 0 Å². The number of nitrogens with two attached hydrogens (primary N) is 1. The summed E-state index contributed by atoms with van der Waals surface area (Å²) in [5, 5.41) is 3.31. The van der Waals surface area contributed by atoms with E-state index in [4.69, 9.17) is 5.73 Å². The summed E-state index contributed by atoms with van der Waals surface area (Å²) >= 11 is 1.73. The molecule has 0 aliphatic rings. The molecule has 0 aromatic heterocycles. The molecule has 0 spiro atoms. The van der Waals surface area contributed by atoms with Gasteiger partial charge in [0.25, 0.3) is 0 Å². The van der Waals surface area contributed by atoms with Crippen LogP contribution in [0.2, 0.25) is 0 Å². The molecular formula is C15H16N2OS. The molecule has 0 bridgehead atoms. The minimum atomic E-state index is -0.404. The van der Waals surface area contributed by atoms with Gasteiger partial charge in [0.1, 0.15) is 0 Å². The average molecular weight is 272 g/mol. The van der Waals surface area contributed by atoms with Gasteiger partial charge in [0.15, 0.2) is 0 Å². The van der Waals surface area contributed by atoms with E-state index in [2.05, 4.69) is 35.8 Å². The Labute approximate surface area is 117 Å². The number of hydrogen-bond acceptors (Lipinski definition) is 3. The molecule has 0 aliphatic carbocycles. The lowest BCUT2D eigenvalue weighted by atomic mass is 10.2. The third-order valence-electron chi connectivity index (χ3n) is 2.83. The summed E-state index contributed by atoms with van der Waals surface area (Å²) in [4.78, 5) is 12.2. The predicted octanol–water partition coefficient (Wildman–Crippen LogP) is 3.12. The highest BCUT2D eigenvalue weighted by Crippen LogP contribution is 2.16. The highest BCUT2D eigenvalue weighted by atomic mass is 32.2. The summed E-state index contributed by atoms with van der Waals surface area (Å²) in [6.45, 7) is 0.755. The molecule has 2 rings (SSSR count). The molecule has 0 fully saturated rings. The maximum absolute atomic E-state index is 11.0. The van der Waals surface area contributed by atoms with Crippen LogP contribution in [0.15, 0.2) is 53.4 Å². The number of anilines is 1. The number of nitrogens with one attached hydrogen (secondary N) is 1. The molecule has 19 heavy (non-hydrogen) atoms. The van der Waals surface area contributed by atoms with E-state index in [9.17, 15) is 4.79 Å². The third kappa shape index (κ3) is 3.76. The zero-order valence-electron chi connectivity index (χ0n) is 10.7. The van der Waals surface area contributed by atoms with Crippen molar-refractivity contribution in [2.75, 3.05) is 11.6 Å². The Bertz CT molecular complexity index is 549. The van der Waals surface area contributed by atoms with Gasteiger partial charge >= 0.3 is 0 Å². The number of thioether (sulfide) groups is 1. The molecule has 4 heteroatoms. The van der Waals surface area contributed by atoms with Crippen molar-refractivity contribution < 1.29 is 4.79 Å². The molecule has 0 unspecified atom stereocenters. The lowest BCUT2D eigenvalue weighted by Crippen LogP contribution is -2.10. The molecule has 0 saturated carbocycles. The summed E-state index contributed by atoms with van der Waals surface area (Å²) in [6.07, 6.45) is 2.06. The van der Waals surface area contributed by atoms with Crippen molar-refractivity contribution in [2.45, 2.75) is 11.4 Å². The van der Waals surface area contributed by atoms with Gasteiger partial charge in [-0.3, -0.25) is 4.79 Å². The van der Waals surface area contributed by atoms with Crippen molar-refractivity contribution in [3.05, 3.63) is 59.7 Å². The first-order chi connectivity index (χ1) is 9.19. The SMILES string of the molecule is CSc1ccc(CNc2ccc(C(N)=O)cc2)cc1. The normalized spacial score (nSPS) is 10.2. The smallest absolute Gasteiger partial charge is 0.248 e. The predicted molar refractivity (Wildman–Crippen MR) is 80.5 cm³/mol. The Kier molecular flexibility index (Phi) is 4.47. The number of carbonyl (C=O) groups excluding carboxylic acids is 1. The number of rotatable bonds is 5. The second-order valence-corrected chi connectivity index (χ2v) is 5.02. The van der Waals surface area contributed by atoms with Crippen LogP contribution in [-0.4, -0.2) is 12.2 Å². The van der Waals surface area contributed by atoms with Crippen molar-refractivity contribution in [3.8, 4) is 0 Å². The average Bonchev–Trinajstić information content (AvgIpc) is 2.46. The summed E-state index contributed by atoms with van der Waals surface area (Å²) in [5.41, 5.74) is 7.91. The van der Waals surface area contributed by atoms with Gasteiger partial charge in [0, 0.05) is 22.7 Å². The van der Waals surface area contributed by atoms with Gasteiger partial charge in [0.05, 0.1) is 0 Å². The quantitative estimate of drug-likeness (QED) is 0.822. The molecule has 1 amide bonds. The van der Waals surface area contributed by atoms with Gasteiger partial charge in [-0.05, 0) is 48.2 Å². The molecule has 0 radical (unpaired) electrons. The minimum absolute atomic E-state index is 0.404. The zero-order chi connectivity index (χ0) is 13.7. The minimum Gasteiger partial charge on any atom is -0.381 e. The molecule has 0 saturated heterocycles. The summed E-state index contributed by atoms with van der Waals surface area (Å²) < 4.78 is 0. The van der Waals surface area contributed by atoms with Crippen molar-refractivity contribution in [1.29, 1.82) is 0 Å². The highest BCUT2D eigenvalue weighted by Gasteiger charge is 1.99. The Morgan fingerprint density at radius 2 is 1.74 bits per heavy atom. The van der Waals surface area contributed by atoms with Crippen LogP contribution < -0.4 is 11.1 Å². The Morgan fingerprint density at radius 1 is 1.11 bits per heavy atom. The van der Waals surface area contributed by atoms with E-state index in [-0.39, 0.29) is 0 Å². The molecule has 98 valence electrons. The van der Waals surface area contributed by atoms with E-state index in [1.54, 1.807) is 23.9 Å². The van der Waals surface area contributed by atoms with E-state index in [1.807, 2.05) is 12.1 Å². The number of carbonyl (C=O) groups is 1. The standard InChI is InChI=1S/C15H16N2OS/c1-19-14-8-2-11(3-9-14)10-17-13-6-4-12(5-7-13)15(16)18/h2-9,17H,10H2,1H3,(H2,16,18). The zero-order valence-corrected chi connectivity index (χ0v) is 11.5. The number of benzene rings is 2. The first-order valence-electron chi connectivity index (χ1n) is 5.96. The van der Waals surface area contributed by atoms with Gasteiger partial charge in [-0.25, -0.2) is 0 Å². The number of primary amides is 1. The van der Waals surface area contributed by atoms with Crippen LogP contribution in [0.1, 0.15) is 15.9 Å². The Hall–Kier alpha value is -1.94. The van der Waals surface area contributed by atoms with Crippen molar-refractivity contribution in [3.63, 3.8) is 0 Å². The third-order valence-corrected chi connectivity index (χ3v) is 3.57. The van der Waals surface area contributed by atoms with Gasteiger partial charge < -0.3 is 11.1 Å². The number of amides is 1. The fourth-order valence-electron chi connectivity index (χ4n) is 1.70. The van der Waals surface area contributed by atoms with Crippen LogP contribution >= 0.6 is 11.8 Å². The van der Waals surface area contributed by atoms with Crippen molar-refractivity contribution in [2.24, 2.45) is 5.73 Å². The monoisotopic (exact) mass is 272 g/mol. The van der Waals surface area contributed by atoms with Crippen LogP contribution in [0.4, 0.5) is 5.69 Å². The van der Waals surface area contributed by atoms with E-state index in [1.165, 1.54) is 10.5 Å². The van der Waals surface area contributed by atoms with Gasteiger partial charge in [-0.2, -0.15) is 0 Å². The van der Waals surface area contributed by atoms with Crippen molar-refractivity contribution >= 4 is 23.4 Å². The van der Waals surface area contributed by atoms with Crippen LogP contribution in [-0.2, 0) is 6.54 Å². The fraction of sp³-hybridized carbons (Fsp3) is 0.133. The summed E-state index contributed by atoms with van der Waals surface area (Å²) in [5.74, 6) is -0.404. The molecule has 0 aliphatic heterocycles. The molecule has 0 atom stereocenters. The first kappa shape index (κ1) is 13.5. The summed E-state index contributed by atoms with van der Waals surface area (Å²) in [6, 6.07) is 15.6. The lowest BCUT2D eigenvalue weighted by Gasteiger charge is -2.07. The van der Waals surface area contributed by atoms with E-state index in [0.717, 1.165) is 12.2 Å². The van der Waals surface area contributed by atoms with Gasteiger partial charge in [-0.1, -0.05) is 12.1 Å². The molecule has 2 aromatic carbocycles. The second-order valence-electron chi connectivity index (χ2n) is 4.14.